The van der Waals surface area contributed by atoms with Gasteiger partial charge in [0.05, 0.1) is 18.1 Å². The van der Waals surface area contributed by atoms with E-state index >= 15 is 0 Å². The Morgan fingerprint density at radius 3 is 2.92 bits per heavy atom. The van der Waals surface area contributed by atoms with Gasteiger partial charge >= 0.3 is 5.97 Å². The number of nitrogens with zero attached hydrogens (tertiary/aromatic N) is 1. The number of hydrogen-bond acceptors (Lipinski definition) is 3. The summed E-state index contributed by atoms with van der Waals surface area (Å²) in [6.45, 7) is 2.00. The normalized spacial score (nSPS) is 35.0. The van der Waals surface area contributed by atoms with Crippen LogP contribution in [0, 0.1) is 17.8 Å². The standard InChI is InChI=1S/C20H24N2O3/c23-17-6-5-11-10-22-8-7-13-12-3-1-2-4-15(12)21-19(13)16(22)9-14(11)18(17)20(24)25/h1-4,11,14,16-18,21,23H,5-10H2,(H,24,25)/t11-,14-,16+,17-,18+/m1/s1. The van der Waals surface area contributed by atoms with Gasteiger partial charge in [-0.25, -0.2) is 0 Å². The van der Waals surface area contributed by atoms with Gasteiger partial charge in [-0.05, 0) is 49.1 Å². The molecule has 25 heavy (non-hydrogen) atoms. The van der Waals surface area contributed by atoms with Crippen LogP contribution >= 0.6 is 0 Å². The van der Waals surface area contributed by atoms with Crippen LogP contribution in [-0.2, 0) is 11.2 Å². The predicted molar refractivity (Wildman–Crippen MR) is 94.3 cm³/mol. The van der Waals surface area contributed by atoms with Gasteiger partial charge in [0.25, 0.3) is 0 Å². The van der Waals surface area contributed by atoms with Gasteiger partial charge in [-0.1, -0.05) is 18.2 Å². The summed E-state index contributed by atoms with van der Waals surface area (Å²) in [6.07, 6.45) is 2.75. The van der Waals surface area contributed by atoms with Gasteiger partial charge in [0.2, 0.25) is 0 Å². The molecule has 2 aromatic rings. The maximum atomic E-state index is 11.8. The van der Waals surface area contributed by atoms with E-state index < -0.39 is 18.0 Å². The van der Waals surface area contributed by atoms with Crippen molar-refractivity contribution in [2.24, 2.45) is 17.8 Å². The highest BCUT2D eigenvalue weighted by Gasteiger charge is 2.49. The Balaban J connectivity index is 1.54. The van der Waals surface area contributed by atoms with E-state index in [2.05, 4.69) is 34.1 Å². The van der Waals surface area contributed by atoms with Gasteiger partial charge < -0.3 is 15.2 Å². The number of aliphatic hydroxyl groups is 1. The summed E-state index contributed by atoms with van der Waals surface area (Å²) in [7, 11) is 0. The Labute approximate surface area is 146 Å². The zero-order valence-electron chi connectivity index (χ0n) is 14.2. The maximum Gasteiger partial charge on any atom is 0.309 e. The van der Waals surface area contributed by atoms with Crippen molar-refractivity contribution in [2.75, 3.05) is 13.1 Å². The summed E-state index contributed by atoms with van der Waals surface area (Å²) in [4.78, 5) is 17.9. The minimum atomic E-state index is -0.830. The molecule has 3 aliphatic rings. The van der Waals surface area contributed by atoms with Crippen molar-refractivity contribution < 1.29 is 15.0 Å². The minimum Gasteiger partial charge on any atom is -0.481 e. The fraction of sp³-hybridized carbons (Fsp3) is 0.550. The van der Waals surface area contributed by atoms with Crippen LogP contribution in [0.4, 0.5) is 0 Å². The van der Waals surface area contributed by atoms with E-state index in [1.807, 2.05) is 0 Å². The molecule has 1 saturated carbocycles. The van der Waals surface area contributed by atoms with Crippen molar-refractivity contribution >= 4 is 16.9 Å². The Hall–Kier alpha value is -1.85. The lowest BCUT2D eigenvalue weighted by Gasteiger charge is -2.50. The average Bonchev–Trinajstić information content (AvgIpc) is 2.99. The quantitative estimate of drug-likeness (QED) is 0.746. The topological polar surface area (TPSA) is 76.6 Å². The van der Waals surface area contributed by atoms with Crippen molar-refractivity contribution in [3.63, 3.8) is 0 Å². The van der Waals surface area contributed by atoms with E-state index in [0.717, 1.165) is 32.4 Å². The van der Waals surface area contributed by atoms with E-state index in [1.54, 1.807) is 0 Å². The lowest BCUT2D eigenvalue weighted by Crippen LogP contribution is -2.53. The molecule has 1 aliphatic carbocycles. The molecule has 1 aromatic heterocycles. The van der Waals surface area contributed by atoms with Crippen molar-refractivity contribution in [3.8, 4) is 0 Å². The second-order valence-electron chi connectivity index (χ2n) is 7.99. The number of para-hydroxylation sites is 1. The van der Waals surface area contributed by atoms with Crippen LogP contribution in [0.2, 0.25) is 0 Å². The Morgan fingerprint density at radius 2 is 2.08 bits per heavy atom. The van der Waals surface area contributed by atoms with Crippen LogP contribution < -0.4 is 0 Å². The SMILES string of the molecule is O=C(O)[C@H]1[C@@H]2C[C@H]3c4[nH]c5ccccc5c4CCN3C[C@H]2CC[C@H]1O. The first-order valence-corrected chi connectivity index (χ1v) is 9.38. The number of benzene rings is 1. The van der Waals surface area contributed by atoms with Crippen molar-refractivity contribution in [3.05, 3.63) is 35.5 Å². The fourth-order valence-electron chi connectivity index (χ4n) is 5.68. The predicted octanol–water partition coefficient (Wildman–Crippen LogP) is 2.56. The first-order chi connectivity index (χ1) is 12.1. The molecule has 3 N–H and O–H groups in total. The molecule has 1 aromatic carbocycles. The first-order valence-electron chi connectivity index (χ1n) is 9.38. The number of carbonyl (C=O) groups is 1. The number of nitrogens with one attached hydrogen (secondary N) is 1. The monoisotopic (exact) mass is 340 g/mol. The van der Waals surface area contributed by atoms with E-state index in [0.29, 0.717) is 12.3 Å². The zero-order chi connectivity index (χ0) is 17.1. The van der Waals surface area contributed by atoms with Gasteiger partial charge in [0.1, 0.15) is 0 Å². The van der Waals surface area contributed by atoms with Crippen LogP contribution in [0.5, 0.6) is 0 Å². The molecular formula is C20H24N2O3. The number of rotatable bonds is 1. The van der Waals surface area contributed by atoms with Crippen molar-refractivity contribution in [2.45, 2.75) is 37.8 Å². The third-order valence-corrected chi connectivity index (χ3v) is 6.83. The molecule has 0 spiro atoms. The molecular weight excluding hydrogens is 316 g/mol. The molecule has 1 saturated heterocycles. The van der Waals surface area contributed by atoms with Crippen LogP contribution in [0.1, 0.15) is 36.6 Å². The summed E-state index contributed by atoms with van der Waals surface area (Å²) in [5.41, 5.74) is 3.85. The Morgan fingerprint density at radius 1 is 1.24 bits per heavy atom. The summed E-state index contributed by atoms with van der Waals surface area (Å²) in [6, 6.07) is 8.68. The summed E-state index contributed by atoms with van der Waals surface area (Å²) in [5.74, 6) is -0.981. The van der Waals surface area contributed by atoms with E-state index in [-0.39, 0.29) is 12.0 Å². The van der Waals surface area contributed by atoms with Crippen LogP contribution in [0.3, 0.4) is 0 Å². The fourth-order valence-corrected chi connectivity index (χ4v) is 5.68. The Bertz CT molecular complexity index is 829. The molecule has 2 aliphatic heterocycles. The van der Waals surface area contributed by atoms with Crippen LogP contribution in [-0.4, -0.2) is 45.3 Å². The van der Waals surface area contributed by atoms with E-state index in [9.17, 15) is 15.0 Å². The van der Waals surface area contributed by atoms with Gasteiger partial charge in [-0.3, -0.25) is 9.69 Å². The third kappa shape index (κ3) is 2.26. The van der Waals surface area contributed by atoms with Gasteiger partial charge in [0.15, 0.2) is 0 Å². The third-order valence-electron chi connectivity index (χ3n) is 6.83. The highest BCUT2D eigenvalue weighted by molar-refractivity contribution is 5.85. The van der Waals surface area contributed by atoms with Gasteiger partial charge in [-0.15, -0.1) is 0 Å². The summed E-state index contributed by atoms with van der Waals surface area (Å²) in [5, 5.41) is 21.3. The molecule has 0 unspecified atom stereocenters. The van der Waals surface area contributed by atoms with Crippen LogP contribution in [0.25, 0.3) is 10.9 Å². The van der Waals surface area contributed by atoms with Gasteiger partial charge in [0, 0.05) is 29.7 Å². The largest absolute Gasteiger partial charge is 0.481 e. The second kappa shape index (κ2) is 5.58. The molecule has 5 rings (SSSR count). The number of fused-ring (bicyclic) bond motifs is 6. The van der Waals surface area contributed by atoms with Crippen LogP contribution in [0.15, 0.2) is 24.3 Å². The highest BCUT2D eigenvalue weighted by Crippen LogP contribution is 2.49. The summed E-state index contributed by atoms with van der Waals surface area (Å²) >= 11 is 0. The lowest BCUT2D eigenvalue weighted by atomic mass is 9.65. The number of hydrogen-bond donors (Lipinski definition) is 3. The molecule has 2 fully saturated rings. The van der Waals surface area contributed by atoms with Crippen molar-refractivity contribution in [1.82, 2.24) is 9.88 Å². The van der Waals surface area contributed by atoms with E-state index in [4.69, 9.17) is 0 Å². The number of carboxylic acids is 1. The molecule has 5 nitrogen and oxygen atoms in total. The molecule has 5 atom stereocenters. The minimum absolute atomic E-state index is 0.0693. The molecule has 0 radical (unpaired) electrons. The number of H-pyrrole nitrogens is 1. The molecule has 0 bridgehead atoms. The zero-order valence-corrected chi connectivity index (χ0v) is 14.2. The Kier molecular flexibility index (Phi) is 3.44. The number of aliphatic carboxylic acids is 1. The number of carboxylic acid groups (broad SMARTS) is 1. The number of aliphatic hydroxyl groups excluding tert-OH is 1. The highest BCUT2D eigenvalue weighted by atomic mass is 16.4. The van der Waals surface area contributed by atoms with E-state index in [1.165, 1.54) is 22.2 Å². The number of aromatic amines is 1. The van der Waals surface area contributed by atoms with Crippen molar-refractivity contribution in [1.29, 1.82) is 0 Å². The van der Waals surface area contributed by atoms with Gasteiger partial charge in [-0.2, -0.15) is 0 Å². The number of aromatic nitrogens is 1. The lowest BCUT2D eigenvalue weighted by molar-refractivity contribution is -0.156. The average molecular weight is 340 g/mol. The first kappa shape index (κ1) is 15.4. The second-order valence-corrected chi connectivity index (χ2v) is 7.99. The summed E-state index contributed by atoms with van der Waals surface area (Å²) < 4.78 is 0. The number of piperidine rings is 1. The molecule has 3 heterocycles. The molecule has 132 valence electrons. The molecule has 5 heteroatoms. The maximum absolute atomic E-state index is 11.8. The smallest absolute Gasteiger partial charge is 0.309 e. The molecule has 0 amide bonds.